The van der Waals surface area contributed by atoms with Gasteiger partial charge in [0.15, 0.2) is 5.75 Å². The quantitative estimate of drug-likeness (QED) is 0.774. The number of nitrogens with zero attached hydrogens (tertiary/aromatic N) is 2. The Hall–Kier alpha value is -0.990. The summed E-state index contributed by atoms with van der Waals surface area (Å²) in [5, 5.41) is 14.1. The molecule has 0 bridgehead atoms. The van der Waals surface area contributed by atoms with E-state index in [4.69, 9.17) is 0 Å². The fraction of sp³-hybridized carbons (Fsp3) is 0.700. The minimum Gasteiger partial charge on any atom is -0.504 e. The van der Waals surface area contributed by atoms with E-state index in [1.165, 1.54) is 0 Å². The van der Waals surface area contributed by atoms with Crippen LogP contribution in [-0.2, 0) is 19.4 Å². The monoisotopic (exact) mass is 182 g/mol. The Morgan fingerprint density at radius 2 is 2.00 bits per heavy atom. The van der Waals surface area contributed by atoms with Gasteiger partial charge in [-0.1, -0.05) is 20.3 Å². The summed E-state index contributed by atoms with van der Waals surface area (Å²) in [4.78, 5) is 0. The Bertz CT molecular complexity index is 279. The van der Waals surface area contributed by atoms with Crippen LogP contribution in [0.2, 0.25) is 0 Å². The molecule has 1 N–H and O–H groups in total. The van der Waals surface area contributed by atoms with Crippen molar-refractivity contribution >= 4 is 0 Å². The van der Waals surface area contributed by atoms with Gasteiger partial charge in [-0.3, -0.25) is 4.68 Å². The normalized spacial score (nSPS) is 10.7. The lowest BCUT2D eigenvalue weighted by atomic mass is 10.2. The summed E-state index contributed by atoms with van der Waals surface area (Å²) in [6.45, 7) is 7.01. The van der Waals surface area contributed by atoms with Crippen molar-refractivity contribution in [2.24, 2.45) is 0 Å². The second kappa shape index (κ2) is 4.30. The number of hydrogen-bond acceptors (Lipinski definition) is 2. The van der Waals surface area contributed by atoms with Crippen molar-refractivity contribution < 1.29 is 5.11 Å². The SMILES string of the molecule is CCCc1nn(CC)c(CC)c1O. The predicted octanol–water partition coefficient (Wildman–Crippen LogP) is 2.12. The smallest absolute Gasteiger partial charge is 0.160 e. The first-order valence-electron chi connectivity index (χ1n) is 5.02. The van der Waals surface area contributed by atoms with Gasteiger partial charge in [-0.15, -0.1) is 0 Å². The molecule has 0 unspecified atom stereocenters. The molecular formula is C10H18N2O. The highest BCUT2D eigenvalue weighted by molar-refractivity contribution is 5.32. The topological polar surface area (TPSA) is 38.0 Å². The summed E-state index contributed by atoms with van der Waals surface area (Å²) in [6.07, 6.45) is 2.74. The molecule has 0 aliphatic rings. The molecule has 1 heterocycles. The van der Waals surface area contributed by atoms with Crippen LogP contribution in [0.1, 0.15) is 38.6 Å². The molecule has 0 saturated carbocycles. The number of aromatic nitrogens is 2. The predicted molar refractivity (Wildman–Crippen MR) is 52.9 cm³/mol. The van der Waals surface area contributed by atoms with Crippen LogP contribution in [0.4, 0.5) is 0 Å². The van der Waals surface area contributed by atoms with Crippen LogP contribution in [0.5, 0.6) is 5.75 Å². The summed E-state index contributed by atoms with van der Waals surface area (Å²) in [7, 11) is 0. The van der Waals surface area contributed by atoms with Gasteiger partial charge in [0.2, 0.25) is 0 Å². The average Bonchev–Trinajstić information content (AvgIpc) is 2.44. The van der Waals surface area contributed by atoms with Crippen molar-refractivity contribution in [3.8, 4) is 5.75 Å². The first-order chi connectivity index (χ1) is 6.24. The van der Waals surface area contributed by atoms with Gasteiger partial charge in [0, 0.05) is 6.54 Å². The highest BCUT2D eigenvalue weighted by Gasteiger charge is 2.13. The number of aryl methyl sites for hydroxylation is 2. The lowest BCUT2D eigenvalue weighted by molar-refractivity contribution is 0.459. The van der Waals surface area contributed by atoms with Crippen molar-refractivity contribution in [1.29, 1.82) is 0 Å². The molecule has 1 rings (SSSR count). The van der Waals surface area contributed by atoms with E-state index in [2.05, 4.69) is 12.0 Å². The van der Waals surface area contributed by atoms with Gasteiger partial charge in [-0.25, -0.2) is 0 Å². The first-order valence-corrected chi connectivity index (χ1v) is 5.02. The standard InChI is InChI=1S/C10H18N2O/c1-4-7-8-10(13)9(5-2)12(6-3)11-8/h13H,4-7H2,1-3H3. The zero-order valence-corrected chi connectivity index (χ0v) is 8.67. The zero-order valence-electron chi connectivity index (χ0n) is 8.67. The van der Waals surface area contributed by atoms with E-state index in [0.29, 0.717) is 5.75 Å². The van der Waals surface area contributed by atoms with E-state index in [0.717, 1.165) is 37.2 Å². The highest BCUT2D eigenvalue weighted by Crippen LogP contribution is 2.23. The van der Waals surface area contributed by atoms with Crippen LogP contribution in [0, 0.1) is 0 Å². The van der Waals surface area contributed by atoms with Crippen LogP contribution in [0.3, 0.4) is 0 Å². The lowest BCUT2D eigenvalue weighted by Gasteiger charge is -1.99. The van der Waals surface area contributed by atoms with Gasteiger partial charge in [-0.2, -0.15) is 5.10 Å². The number of aromatic hydroxyl groups is 1. The molecule has 3 heteroatoms. The highest BCUT2D eigenvalue weighted by atomic mass is 16.3. The van der Waals surface area contributed by atoms with Gasteiger partial charge < -0.3 is 5.11 Å². The number of hydrogen-bond donors (Lipinski definition) is 1. The summed E-state index contributed by atoms with van der Waals surface area (Å²) in [5.74, 6) is 0.409. The molecule has 13 heavy (non-hydrogen) atoms. The molecule has 0 fully saturated rings. The van der Waals surface area contributed by atoms with Gasteiger partial charge in [0.05, 0.1) is 5.69 Å². The van der Waals surface area contributed by atoms with Crippen LogP contribution >= 0.6 is 0 Å². The molecule has 0 atom stereocenters. The Kier molecular flexibility index (Phi) is 3.34. The molecule has 0 aliphatic heterocycles. The fourth-order valence-corrected chi connectivity index (χ4v) is 1.56. The second-order valence-electron chi connectivity index (χ2n) is 3.16. The van der Waals surface area contributed by atoms with Crippen LogP contribution < -0.4 is 0 Å². The number of rotatable bonds is 4. The molecule has 3 nitrogen and oxygen atoms in total. The van der Waals surface area contributed by atoms with Gasteiger partial charge in [0.25, 0.3) is 0 Å². The van der Waals surface area contributed by atoms with E-state index in [-0.39, 0.29) is 0 Å². The Labute approximate surface area is 79.4 Å². The third-order valence-electron chi connectivity index (χ3n) is 2.22. The average molecular weight is 182 g/mol. The fourth-order valence-electron chi connectivity index (χ4n) is 1.56. The molecule has 1 aromatic heterocycles. The minimum absolute atomic E-state index is 0.409. The minimum atomic E-state index is 0.409. The Morgan fingerprint density at radius 1 is 1.31 bits per heavy atom. The van der Waals surface area contributed by atoms with E-state index in [9.17, 15) is 5.11 Å². The molecule has 0 spiro atoms. The maximum absolute atomic E-state index is 9.79. The largest absolute Gasteiger partial charge is 0.504 e. The molecule has 0 saturated heterocycles. The lowest BCUT2D eigenvalue weighted by Crippen LogP contribution is -2.01. The summed E-state index contributed by atoms with van der Waals surface area (Å²) in [6, 6.07) is 0. The summed E-state index contributed by atoms with van der Waals surface area (Å²) < 4.78 is 1.89. The van der Waals surface area contributed by atoms with E-state index < -0.39 is 0 Å². The summed E-state index contributed by atoms with van der Waals surface area (Å²) in [5.41, 5.74) is 1.81. The van der Waals surface area contributed by atoms with Crippen molar-refractivity contribution in [3.05, 3.63) is 11.4 Å². The first kappa shape index (κ1) is 10.1. The maximum Gasteiger partial charge on any atom is 0.160 e. The third kappa shape index (κ3) is 1.85. The zero-order chi connectivity index (χ0) is 9.84. The Morgan fingerprint density at radius 3 is 2.38 bits per heavy atom. The van der Waals surface area contributed by atoms with Gasteiger partial charge in [-0.05, 0) is 19.8 Å². The molecule has 1 aromatic rings. The molecule has 74 valence electrons. The second-order valence-corrected chi connectivity index (χ2v) is 3.16. The van der Waals surface area contributed by atoms with E-state index in [1.54, 1.807) is 0 Å². The van der Waals surface area contributed by atoms with Crippen LogP contribution in [0.15, 0.2) is 0 Å². The van der Waals surface area contributed by atoms with E-state index in [1.807, 2.05) is 18.5 Å². The molecule has 0 aliphatic carbocycles. The van der Waals surface area contributed by atoms with Gasteiger partial charge >= 0.3 is 0 Å². The molecule has 0 aromatic carbocycles. The molecule has 0 amide bonds. The van der Waals surface area contributed by atoms with Crippen LogP contribution in [-0.4, -0.2) is 14.9 Å². The third-order valence-corrected chi connectivity index (χ3v) is 2.22. The van der Waals surface area contributed by atoms with Crippen molar-refractivity contribution in [1.82, 2.24) is 9.78 Å². The van der Waals surface area contributed by atoms with Gasteiger partial charge in [0.1, 0.15) is 5.69 Å². The van der Waals surface area contributed by atoms with E-state index >= 15 is 0 Å². The Balaban J connectivity index is 3.03. The van der Waals surface area contributed by atoms with Crippen LogP contribution in [0.25, 0.3) is 0 Å². The maximum atomic E-state index is 9.79. The van der Waals surface area contributed by atoms with Crippen molar-refractivity contribution in [2.75, 3.05) is 0 Å². The molecule has 0 radical (unpaired) electrons. The van der Waals surface area contributed by atoms with Crippen molar-refractivity contribution in [2.45, 2.75) is 46.6 Å². The summed E-state index contributed by atoms with van der Waals surface area (Å²) >= 11 is 0. The molecular weight excluding hydrogens is 164 g/mol. The van der Waals surface area contributed by atoms with Crippen molar-refractivity contribution in [3.63, 3.8) is 0 Å².